The molecule has 2 N–H and O–H groups in total. The number of aromatic nitrogens is 5. The molecule has 1 saturated heterocycles. The van der Waals surface area contributed by atoms with Crippen molar-refractivity contribution in [1.82, 2.24) is 30.3 Å². The molecule has 130 valence electrons. The predicted octanol–water partition coefficient (Wildman–Crippen LogP) is 2.43. The largest absolute Gasteiger partial charge is 0.455 e. The summed E-state index contributed by atoms with van der Waals surface area (Å²) in [4.78, 5) is 18.6. The third kappa shape index (κ3) is 3.60. The van der Waals surface area contributed by atoms with E-state index in [9.17, 15) is 4.79 Å². The first-order valence-corrected chi connectivity index (χ1v) is 9.13. The second-order valence-corrected chi connectivity index (χ2v) is 6.91. The molecule has 1 atom stereocenters. The highest BCUT2D eigenvalue weighted by Gasteiger charge is 2.27. The molecule has 0 unspecified atom stereocenters. The topological polar surface area (TPSA) is 104 Å². The van der Waals surface area contributed by atoms with Crippen molar-refractivity contribution in [1.29, 1.82) is 0 Å². The van der Waals surface area contributed by atoms with Crippen LogP contribution in [0.5, 0.6) is 0 Å². The van der Waals surface area contributed by atoms with E-state index in [1.54, 1.807) is 12.3 Å². The van der Waals surface area contributed by atoms with Gasteiger partial charge in [0.05, 0.1) is 5.75 Å². The van der Waals surface area contributed by atoms with Gasteiger partial charge in [0.15, 0.2) is 10.9 Å². The van der Waals surface area contributed by atoms with Gasteiger partial charge in [-0.2, -0.15) is 10.2 Å². The number of aromatic amines is 2. The number of H-pyrrole nitrogens is 2. The van der Waals surface area contributed by atoms with E-state index < -0.39 is 0 Å². The van der Waals surface area contributed by atoms with Gasteiger partial charge in [0.25, 0.3) is 5.91 Å². The quantitative estimate of drug-likeness (QED) is 0.679. The van der Waals surface area contributed by atoms with Gasteiger partial charge < -0.3 is 9.32 Å². The van der Waals surface area contributed by atoms with Crippen LogP contribution in [0.3, 0.4) is 0 Å². The van der Waals surface area contributed by atoms with Crippen molar-refractivity contribution in [2.24, 2.45) is 0 Å². The number of nitrogens with zero attached hydrogens (tertiary/aromatic N) is 4. The van der Waals surface area contributed by atoms with E-state index in [0.717, 1.165) is 36.0 Å². The zero-order valence-corrected chi connectivity index (χ0v) is 14.3. The van der Waals surface area contributed by atoms with Gasteiger partial charge in [0, 0.05) is 30.9 Å². The maximum Gasteiger partial charge on any atom is 0.289 e. The van der Waals surface area contributed by atoms with Gasteiger partial charge in [-0.25, -0.2) is 4.98 Å². The van der Waals surface area contributed by atoms with Gasteiger partial charge in [-0.05, 0) is 31.0 Å². The smallest absolute Gasteiger partial charge is 0.289 e. The van der Waals surface area contributed by atoms with E-state index in [-0.39, 0.29) is 5.91 Å². The second-order valence-electron chi connectivity index (χ2n) is 5.95. The van der Waals surface area contributed by atoms with Crippen LogP contribution in [0.25, 0.3) is 0 Å². The Labute approximate surface area is 148 Å². The second kappa shape index (κ2) is 7.14. The molecule has 4 heterocycles. The Bertz CT molecular complexity index is 814. The molecule has 9 heteroatoms. The summed E-state index contributed by atoms with van der Waals surface area (Å²) in [6.45, 7) is 1.44. The lowest BCUT2D eigenvalue weighted by Crippen LogP contribution is -2.39. The molecular formula is C16H18N6O2S. The van der Waals surface area contributed by atoms with E-state index in [1.165, 1.54) is 18.1 Å². The highest BCUT2D eigenvalue weighted by Crippen LogP contribution is 2.27. The minimum Gasteiger partial charge on any atom is -0.455 e. The highest BCUT2D eigenvalue weighted by atomic mass is 32.2. The number of thioether (sulfide) groups is 1. The molecule has 8 nitrogen and oxygen atoms in total. The van der Waals surface area contributed by atoms with E-state index >= 15 is 0 Å². The minimum atomic E-state index is -0.0554. The van der Waals surface area contributed by atoms with Crippen LogP contribution in [0.2, 0.25) is 0 Å². The first kappa shape index (κ1) is 15.9. The molecule has 3 aromatic heterocycles. The van der Waals surface area contributed by atoms with Crippen molar-refractivity contribution in [3.63, 3.8) is 0 Å². The molecule has 3 aromatic rings. The Morgan fingerprint density at radius 1 is 1.32 bits per heavy atom. The lowest BCUT2D eigenvalue weighted by Gasteiger charge is -2.31. The number of carbonyl (C=O) groups excluding carboxylic acids is 1. The molecule has 0 spiro atoms. The Kier molecular flexibility index (Phi) is 4.55. The highest BCUT2D eigenvalue weighted by molar-refractivity contribution is 7.98. The van der Waals surface area contributed by atoms with E-state index in [2.05, 4.69) is 25.4 Å². The van der Waals surface area contributed by atoms with Crippen LogP contribution in [-0.4, -0.2) is 49.3 Å². The van der Waals surface area contributed by atoms with Gasteiger partial charge >= 0.3 is 0 Å². The number of hydrogen-bond acceptors (Lipinski definition) is 6. The zero-order chi connectivity index (χ0) is 17.1. The fourth-order valence-corrected chi connectivity index (χ4v) is 3.71. The van der Waals surface area contributed by atoms with Crippen molar-refractivity contribution in [2.75, 3.05) is 13.1 Å². The fraction of sp³-hybridized carbons (Fsp3) is 0.375. The summed E-state index contributed by atoms with van der Waals surface area (Å²) in [7, 11) is 0. The predicted molar refractivity (Wildman–Crippen MR) is 91.1 cm³/mol. The summed E-state index contributed by atoms with van der Waals surface area (Å²) in [6, 6.07) is 5.57. The van der Waals surface area contributed by atoms with Gasteiger partial charge in [0.2, 0.25) is 0 Å². The standard InChI is InChI=1S/C16H18N6O2S/c23-15(22-7-1-2-11(8-22)13-5-6-18-20-13)14-4-3-12(24-14)9-25-16-17-10-19-21-16/h3-6,10-11H,1-2,7-9H2,(H,18,20)(H,17,19,21)/t11-/m1/s1. The van der Waals surface area contributed by atoms with Crippen molar-refractivity contribution in [3.05, 3.63) is 47.9 Å². The molecule has 0 aromatic carbocycles. The van der Waals surface area contributed by atoms with E-state index in [4.69, 9.17) is 4.42 Å². The molecule has 1 amide bonds. The molecule has 1 aliphatic rings. The summed E-state index contributed by atoms with van der Waals surface area (Å²) in [5.74, 6) is 1.97. The maximum atomic E-state index is 12.7. The summed E-state index contributed by atoms with van der Waals surface area (Å²) < 4.78 is 5.73. The van der Waals surface area contributed by atoms with Crippen molar-refractivity contribution < 1.29 is 9.21 Å². The summed E-state index contributed by atoms with van der Waals surface area (Å²) in [5, 5.41) is 14.3. The normalized spacial score (nSPS) is 17.8. The lowest BCUT2D eigenvalue weighted by molar-refractivity contribution is 0.0672. The Hall–Kier alpha value is -2.55. The molecule has 0 saturated carbocycles. The van der Waals surface area contributed by atoms with Gasteiger partial charge in [0.1, 0.15) is 12.1 Å². The molecule has 1 aliphatic heterocycles. The lowest BCUT2D eigenvalue weighted by atomic mass is 9.95. The molecule has 0 bridgehead atoms. The third-order valence-corrected chi connectivity index (χ3v) is 5.19. The van der Waals surface area contributed by atoms with Crippen LogP contribution in [-0.2, 0) is 5.75 Å². The number of rotatable bonds is 5. The van der Waals surface area contributed by atoms with E-state index in [1.807, 2.05) is 17.0 Å². The summed E-state index contributed by atoms with van der Waals surface area (Å²) in [5.41, 5.74) is 1.08. The number of piperidine rings is 1. The molecule has 25 heavy (non-hydrogen) atoms. The summed E-state index contributed by atoms with van der Waals surface area (Å²) >= 11 is 1.48. The van der Waals surface area contributed by atoms with Crippen LogP contribution < -0.4 is 0 Å². The molecule has 0 radical (unpaired) electrons. The molecular weight excluding hydrogens is 340 g/mol. The Morgan fingerprint density at radius 2 is 2.28 bits per heavy atom. The number of likely N-dealkylation sites (tertiary alicyclic amines) is 1. The van der Waals surface area contributed by atoms with Crippen LogP contribution in [0, 0.1) is 0 Å². The van der Waals surface area contributed by atoms with Crippen LogP contribution in [0.1, 0.15) is 40.8 Å². The van der Waals surface area contributed by atoms with Crippen molar-refractivity contribution in [3.8, 4) is 0 Å². The monoisotopic (exact) mass is 358 g/mol. The van der Waals surface area contributed by atoms with Crippen molar-refractivity contribution >= 4 is 17.7 Å². The Balaban J connectivity index is 1.38. The van der Waals surface area contributed by atoms with Gasteiger partial charge in [-0.1, -0.05) is 11.8 Å². The van der Waals surface area contributed by atoms with Gasteiger partial charge in [-0.3, -0.25) is 15.0 Å². The van der Waals surface area contributed by atoms with Crippen LogP contribution >= 0.6 is 11.8 Å². The van der Waals surface area contributed by atoms with E-state index in [0.29, 0.717) is 24.0 Å². The molecule has 4 rings (SSSR count). The first-order chi connectivity index (χ1) is 12.3. The number of nitrogens with one attached hydrogen (secondary N) is 2. The third-order valence-electron chi connectivity index (χ3n) is 4.29. The average molecular weight is 358 g/mol. The minimum absolute atomic E-state index is 0.0554. The number of carbonyl (C=O) groups is 1. The number of amides is 1. The number of hydrogen-bond donors (Lipinski definition) is 2. The first-order valence-electron chi connectivity index (χ1n) is 8.15. The maximum absolute atomic E-state index is 12.7. The molecule has 1 fully saturated rings. The SMILES string of the molecule is O=C(c1ccc(CSc2ncn[nH]2)o1)N1CCC[C@@H](c2ccn[nH]2)C1. The fourth-order valence-electron chi connectivity index (χ4n) is 3.04. The van der Waals surface area contributed by atoms with Gasteiger partial charge in [-0.15, -0.1) is 0 Å². The average Bonchev–Trinajstić information content (AvgIpc) is 3.42. The number of furan rings is 1. The summed E-state index contributed by atoms with van der Waals surface area (Å²) in [6.07, 6.45) is 5.25. The zero-order valence-electron chi connectivity index (χ0n) is 13.5. The van der Waals surface area contributed by atoms with Crippen LogP contribution in [0.15, 0.2) is 40.3 Å². The van der Waals surface area contributed by atoms with Crippen molar-refractivity contribution in [2.45, 2.75) is 29.7 Å². The van der Waals surface area contributed by atoms with Crippen LogP contribution in [0.4, 0.5) is 0 Å². The molecule has 0 aliphatic carbocycles. The Morgan fingerprint density at radius 3 is 3.08 bits per heavy atom.